The zero-order valence-corrected chi connectivity index (χ0v) is 15.6. The van der Waals surface area contributed by atoms with E-state index in [1.807, 2.05) is 13.2 Å². The van der Waals surface area contributed by atoms with E-state index in [-0.39, 0.29) is 18.4 Å². The lowest BCUT2D eigenvalue weighted by atomic mass is 9.97. The maximum Gasteiger partial charge on any atom is 0.224 e. The molecule has 2 aromatic rings. The summed E-state index contributed by atoms with van der Waals surface area (Å²) in [5.41, 5.74) is 0.841. The van der Waals surface area contributed by atoms with Crippen LogP contribution >= 0.6 is 0 Å². The highest BCUT2D eigenvalue weighted by molar-refractivity contribution is 5.87. The first kappa shape index (κ1) is 18.6. The Balaban J connectivity index is 1.82. The maximum absolute atomic E-state index is 12.4. The molecule has 2 N–H and O–H groups in total. The molecule has 26 heavy (non-hydrogen) atoms. The monoisotopic (exact) mass is 360 g/mol. The number of hydrogen-bond acceptors (Lipinski definition) is 6. The second kappa shape index (κ2) is 8.44. The average molecular weight is 360 g/mol. The number of nitrogens with zero attached hydrogens (tertiary/aromatic N) is 5. The second-order valence-corrected chi connectivity index (χ2v) is 6.87. The lowest BCUT2D eigenvalue weighted by Crippen LogP contribution is -2.43. The zero-order valence-electron chi connectivity index (χ0n) is 15.6. The summed E-state index contributed by atoms with van der Waals surface area (Å²) in [6.45, 7) is 4.26. The van der Waals surface area contributed by atoms with Crippen LogP contribution in [0.4, 0.5) is 5.82 Å². The van der Waals surface area contributed by atoms with Crippen molar-refractivity contribution in [3.63, 3.8) is 0 Å². The number of aliphatic hydroxyl groups excluding tert-OH is 1. The van der Waals surface area contributed by atoms with Crippen LogP contribution in [0.15, 0.2) is 6.20 Å². The van der Waals surface area contributed by atoms with Gasteiger partial charge in [-0.2, -0.15) is 5.10 Å². The van der Waals surface area contributed by atoms with E-state index < -0.39 is 0 Å². The first-order valence-corrected chi connectivity index (χ1v) is 9.46. The van der Waals surface area contributed by atoms with Crippen molar-refractivity contribution < 1.29 is 9.90 Å². The number of amides is 1. The van der Waals surface area contributed by atoms with Crippen LogP contribution in [0.2, 0.25) is 0 Å². The number of carbonyl (C=O) groups excluding carboxylic acids is 1. The lowest BCUT2D eigenvalue weighted by Gasteiger charge is -2.33. The molecule has 0 radical (unpaired) electrons. The first-order chi connectivity index (χ1) is 12.6. The minimum absolute atomic E-state index is 0.0567. The van der Waals surface area contributed by atoms with Crippen LogP contribution < -0.4 is 10.2 Å². The van der Waals surface area contributed by atoms with Crippen molar-refractivity contribution in [3.8, 4) is 0 Å². The van der Waals surface area contributed by atoms with E-state index in [2.05, 4.69) is 27.2 Å². The molecule has 1 saturated heterocycles. The number of rotatable bonds is 7. The van der Waals surface area contributed by atoms with Gasteiger partial charge in [0.25, 0.3) is 0 Å². The summed E-state index contributed by atoms with van der Waals surface area (Å²) in [5.74, 6) is 1.72. The van der Waals surface area contributed by atoms with Crippen LogP contribution in [0, 0.1) is 5.92 Å². The Bertz CT molecular complexity index is 759. The van der Waals surface area contributed by atoms with Gasteiger partial charge in [0.1, 0.15) is 11.6 Å². The van der Waals surface area contributed by atoms with Crippen molar-refractivity contribution in [2.45, 2.75) is 39.0 Å². The molecule has 3 rings (SSSR count). The number of aliphatic hydroxyl groups is 1. The fourth-order valence-electron chi connectivity index (χ4n) is 3.45. The summed E-state index contributed by atoms with van der Waals surface area (Å²) < 4.78 is 1.78. The van der Waals surface area contributed by atoms with Gasteiger partial charge in [-0.1, -0.05) is 6.92 Å². The molecule has 0 bridgehead atoms. The van der Waals surface area contributed by atoms with E-state index in [1.165, 1.54) is 0 Å². The van der Waals surface area contributed by atoms with Crippen molar-refractivity contribution in [1.29, 1.82) is 0 Å². The van der Waals surface area contributed by atoms with Gasteiger partial charge in [-0.3, -0.25) is 9.48 Å². The summed E-state index contributed by atoms with van der Waals surface area (Å²) in [7, 11) is 1.89. The topological polar surface area (TPSA) is 96.2 Å². The maximum atomic E-state index is 12.4. The minimum atomic E-state index is -0.0567. The predicted octanol–water partition coefficient (Wildman–Crippen LogP) is 1.03. The van der Waals surface area contributed by atoms with Gasteiger partial charge in [-0.05, 0) is 25.7 Å². The quantitative estimate of drug-likeness (QED) is 0.716. The summed E-state index contributed by atoms with van der Waals surface area (Å²) in [6, 6.07) is 0. The third kappa shape index (κ3) is 3.95. The predicted molar refractivity (Wildman–Crippen MR) is 99.9 cm³/mol. The van der Waals surface area contributed by atoms with Gasteiger partial charge < -0.3 is 15.3 Å². The summed E-state index contributed by atoms with van der Waals surface area (Å²) >= 11 is 0. The molecular formula is C18H28N6O2. The normalized spacial score (nSPS) is 17.7. The van der Waals surface area contributed by atoms with E-state index >= 15 is 0 Å². The van der Waals surface area contributed by atoms with Crippen molar-refractivity contribution in [2.24, 2.45) is 13.0 Å². The summed E-state index contributed by atoms with van der Waals surface area (Å²) in [5, 5.41) is 17.1. The number of aromatic nitrogens is 4. The van der Waals surface area contributed by atoms with Gasteiger partial charge in [0, 0.05) is 39.7 Å². The molecule has 1 amide bonds. The van der Waals surface area contributed by atoms with Gasteiger partial charge >= 0.3 is 0 Å². The largest absolute Gasteiger partial charge is 0.396 e. The molecule has 3 heterocycles. The minimum Gasteiger partial charge on any atom is -0.396 e. The summed E-state index contributed by atoms with van der Waals surface area (Å²) in [6.07, 6.45) is 6.04. The molecule has 0 unspecified atom stereocenters. The number of aryl methyl sites for hydroxylation is 2. The highest BCUT2D eigenvalue weighted by Gasteiger charge is 2.28. The van der Waals surface area contributed by atoms with Crippen LogP contribution in [0.25, 0.3) is 11.0 Å². The number of anilines is 1. The second-order valence-electron chi connectivity index (χ2n) is 6.87. The van der Waals surface area contributed by atoms with Crippen LogP contribution in [-0.4, -0.2) is 57.0 Å². The highest BCUT2D eigenvalue weighted by atomic mass is 16.3. The molecule has 1 aliphatic rings. The van der Waals surface area contributed by atoms with Crippen molar-refractivity contribution in [2.75, 3.05) is 31.1 Å². The fraction of sp³-hybridized carbons (Fsp3) is 0.667. The van der Waals surface area contributed by atoms with Gasteiger partial charge in [-0.25, -0.2) is 9.97 Å². The molecule has 2 aromatic heterocycles. The molecule has 0 spiro atoms. The van der Waals surface area contributed by atoms with Crippen LogP contribution in [0.5, 0.6) is 0 Å². The Hall–Kier alpha value is -2.22. The van der Waals surface area contributed by atoms with Crippen LogP contribution in [0.1, 0.15) is 38.4 Å². The molecule has 1 fully saturated rings. The Morgan fingerprint density at radius 1 is 1.42 bits per heavy atom. The molecular weight excluding hydrogens is 332 g/mol. The molecule has 0 aliphatic carbocycles. The molecule has 1 atom stereocenters. The van der Waals surface area contributed by atoms with E-state index in [0.717, 1.165) is 54.9 Å². The Labute approximate surface area is 153 Å². The number of fused-ring (bicyclic) bond motifs is 1. The smallest absolute Gasteiger partial charge is 0.224 e. The van der Waals surface area contributed by atoms with Crippen molar-refractivity contribution in [3.05, 3.63) is 12.0 Å². The molecule has 142 valence electrons. The number of nitrogens with one attached hydrogen (secondary N) is 1. The Kier molecular flexibility index (Phi) is 6.03. The average Bonchev–Trinajstić information content (AvgIpc) is 3.03. The standard InChI is InChI=1S/C18H28N6O2/c1-3-6-15-21-16-14(11-20-23(16)2)17(22-15)24-9-4-7-13(12-24)18(26)19-8-5-10-25/h11,13,25H,3-10,12H2,1-2H3,(H,19,26)/t13-/m0/s1. The number of carbonyl (C=O) groups is 1. The number of piperidine rings is 1. The van der Waals surface area contributed by atoms with Crippen molar-refractivity contribution in [1.82, 2.24) is 25.1 Å². The molecule has 0 saturated carbocycles. The highest BCUT2D eigenvalue weighted by Crippen LogP contribution is 2.28. The third-order valence-electron chi connectivity index (χ3n) is 4.82. The van der Waals surface area contributed by atoms with Crippen LogP contribution in [-0.2, 0) is 18.3 Å². The van der Waals surface area contributed by atoms with E-state index in [0.29, 0.717) is 19.5 Å². The third-order valence-corrected chi connectivity index (χ3v) is 4.82. The van der Waals surface area contributed by atoms with Gasteiger partial charge in [-0.15, -0.1) is 0 Å². The van der Waals surface area contributed by atoms with E-state index in [9.17, 15) is 4.79 Å². The Morgan fingerprint density at radius 2 is 2.27 bits per heavy atom. The molecule has 0 aromatic carbocycles. The van der Waals surface area contributed by atoms with E-state index in [4.69, 9.17) is 10.1 Å². The summed E-state index contributed by atoms with van der Waals surface area (Å²) in [4.78, 5) is 24.1. The van der Waals surface area contributed by atoms with Gasteiger partial charge in [0.05, 0.1) is 17.5 Å². The fourth-order valence-corrected chi connectivity index (χ4v) is 3.45. The number of hydrogen-bond donors (Lipinski definition) is 2. The van der Waals surface area contributed by atoms with Gasteiger partial charge in [0.2, 0.25) is 5.91 Å². The van der Waals surface area contributed by atoms with Gasteiger partial charge in [0.15, 0.2) is 5.65 Å². The SMILES string of the molecule is CCCc1nc(N2CCC[C@H](C(=O)NCCCO)C2)c2cnn(C)c2n1. The lowest BCUT2D eigenvalue weighted by molar-refractivity contribution is -0.125. The first-order valence-electron chi connectivity index (χ1n) is 9.46. The Morgan fingerprint density at radius 3 is 3.04 bits per heavy atom. The van der Waals surface area contributed by atoms with Crippen LogP contribution in [0.3, 0.4) is 0 Å². The molecule has 1 aliphatic heterocycles. The molecule has 8 heteroatoms. The van der Waals surface area contributed by atoms with E-state index in [1.54, 1.807) is 4.68 Å². The van der Waals surface area contributed by atoms with Crippen molar-refractivity contribution >= 4 is 22.8 Å². The zero-order chi connectivity index (χ0) is 18.5. The molecule has 8 nitrogen and oxygen atoms in total.